The van der Waals surface area contributed by atoms with Gasteiger partial charge in [0, 0.05) is 6.20 Å². The van der Waals surface area contributed by atoms with E-state index in [0.717, 1.165) is 11.3 Å². The molecule has 2 aromatic rings. The molecule has 24 heavy (non-hydrogen) atoms. The van der Waals surface area contributed by atoms with E-state index in [1.54, 1.807) is 20.4 Å². The number of nitrogens with one attached hydrogen (secondary N) is 2. The van der Waals surface area contributed by atoms with Crippen LogP contribution >= 0.6 is 0 Å². The first-order chi connectivity index (χ1) is 11.5. The van der Waals surface area contributed by atoms with Crippen molar-refractivity contribution < 1.29 is 14.3 Å². The molecule has 0 saturated heterocycles. The lowest BCUT2D eigenvalue weighted by Crippen LogP contribution is -2.46. The fourth-order valence-electron chi connectivity index (χ4n) is 2.30. The predicted octanol–water partition coefficient (Wildman–Crippen LogP) is 2.83. The molecule has 2 amide bonds. The van der Waals surface area contributed by atoms with Crippen molar-refractivity contribution in [2.75, 3.05) is 14.2 Å². The summed E-state index contributed by atoms with van der Waals surface area (Å²) in [5, 5.41) is 5.76. The van der Waals surface area contributed by atoms with Crippen LogP contribution in [0.4, 0.5) is 4.79 Å². The quantitative estimate of drug-likeness (QED) is 0.855. The minimum Gasteiger partial charge on any atom is -0.493 e. The van der Waals surface area contributed by atoms with E-state index < -0.39 is 5.54 Å². The molecule has 0 fully saturated rings. The van der Waals surface area contributed by atoms with Crippen LogP contribution in [0.3, 0.4) is 0 Å². The lowest BCUT2D eigenvalue weighted by atomic mass is 9.94. The van der Waals surface area contributed by atoms with E-state index in [1.165, 1.54) is 0 Å². The number of ether oxygens (including phenoxy) is 2. The van der Waals surface area contributed by atoms with E-state index >= 15 is 0 Å². The molecule has 1 heterocycles. The van der Waals surface area contributed by atoms with Gasteiger partial charge in [0.25, 0.3) is 0 Å². The number of hydrogen-bond donors (Lipinski definition) is 2. The first-order valence-corrected chi connectivity index (χ1v) is 7.64. The number of urea groups is 1. The molecule has 0 bridgehead atoms. The average molecular weight is 329 g/mol. The number of aromatic nitrogens is 1. The molecular weight excluding hydrogens is 306 g/mol. The van der Waals surface area contributed by atoms with Crippen LogP contribution in [0.5, 0.6) is 11.5 Å². The maximum absolute atomic E-state index is 12.2. The molecule has 0 radical (unpaired) electrons. The number of amides is 2. The van der Waals surface area contributed by atoms with Crippen LogP contribution in [0.2, 0.25) is 0 Å². The first kappa shape index (κ1) is 17.6. The molecule has 0 saturated carbocycles. The summed E-state index contributed by atoms with van der Waals surface area (Å²) in [6.07, 6.45) is 1.70. The van der Waals surface area contributed by atoms with Crippen LogP contribution in [-0.2, 0) is 12.1 Å². The highest BCUT2D eigenvalue weighted by molar-refractivity contribution is 5.75. The number of rotatable bonds is 6. The number of nitrogens with zero attached hydrogens (tertiary/aromatic N) is 1. The van der Waals surface area contributed by atoms with E-state index in [0.29, 0.717) is 18.0 Å². The molecule has 128 valence electrons. The van der Waals surface area contributed by atoms with E-state index in [1.807, 2.05) is 50.2 Å². The number of carbonyl (C=O) groups is 1. The highest BCUT2D eigenvalue weighted by atomic mass is 16.5. The van der Waals surface area contributed by atoms with Gasteiger partial charge in [0.1, 0.15) is 0 Å². The lowest BCUT2D eigenvalue weighted by molar-refractivity contribution is 0.229. The van der Waals surface area contributed by atoms with E-state index in [9.17, 15) is 4.79 Å². The van der Waals surface area contributed by atoms with E-state index in [2.05, 4.69) is 15.6 Å². The standard InChI is InChI=1S/C18H23N3O3/c1-18(2,13-8-9-15(23-3)16(11-13)24-4)21-17(22)20-12-14-7-5-6-10-19-14/h5-11H,12H2,1-4H3,(H2,20,21,22). The Balaban J connectivity index is 2.03. The van der Waals surface area contributed by atoms with Crippen molar-refractivity contribution >= 4 is 6.03 Å². The maximum Gasteiger partial charge on any atom is 0.315 e. The van der Waals surface area contributed by atoms with Gasteiger partial charge in [-0.2, -0.15) is 0 Å². The number of benzene rings is 1. The van der Waals surface area contributed by atoms with Gasteiger partial charge < -0.3 is 20.1 Å². The summed E-state index contributed by atoms with van der Waals surface area (Å²) in [6.45, 7) is 4.22. The van der Waals surface area contributed by atoms with Crippen molar-refractivity contribution in [3.05, 3.63) is 53.9 Å². The molecule has 0 spiro atoms. The number of hydrogen-bond acceptors (Lipinski definition) is 4. The maximum atomic E-state index is 12.2. The molecule has 2 N–H and O–H groups in total. The molecule has 0 atom stereocenters. The molecule has 6 heteroatoms. The van der Waals surface area contributed by atoms with Gasteiger partial charge in [0.15, 0.2) is 11.5 Å². The second kappa shape index (κ2) is 7.68. The van der Waals surface area contributed by atoms with E-state index in [-0.39, 0.29) is 6.03 Å². The van der Waals surface area contributed by atoms with Crippen molar-refractivity contribution in [2.24, 2.45) is 0 Å². The summed E-state index contributed by atoms with van der Waals surface area (Å²) in [6, 6.07) is 10.9. The number of pyridine rings is 1. The van der Waals surface area contributed by atoms with Gasteiger partial charge in [-0.25, -0.2) is 4.79 Å². The summed E-state index contributed by atoms with van der Waals surface area (Å²) in [4.78, 5) is 16.4. The summed E-state index contributed by atoms with van der Waals surface area (Å²) in [5.74, 6) is 1.27. The van der Waals surface area contributed by atoms with Gasteiger partial charge in [0.2, 0.25) is 0 Å². The number of methoxy groups -OCH3 is 2. The largest absolute Gasteiger partial charge is 0.493 e. The van der Waals surface area contributed by atoms with Crippen LogP contribution in [0.15, 0.2) is 42.6 Å². The van der Waals surface area contributed by atoms with Gasteiger partial charge in [-0.15, -0.1) is 0 Å². The SMILES string of the molecule is COc1ccc(C(C)(C)NC(=O)NCc2ccccn2)cc1OC. The van der Waals surface area contributed by atoms with Crippen LogP contribution in [0.1, 0.15) is 25.1 Å². The molecule has 6 nitrogen and oxygen atoms in total. The van der Waals surface area contributed by atoms with Gasteiger partial charge in [-0.05, 0) is 43.7 Å². The van der Waals surface area contributed by atoms with Crippen molar-refractivity contribution in [1.82, 2.24) is 15.6 Å². The highest BCUT2D eigenvalue weighted by Crippen LogP contribution is 2.31. The van der Waals surface area contributed by atoms with Crippen LogP contribution in [-0.4, -0.2) is 25.2 Å². The molecule has 1 aromatic carbocycles. The molecule has 0 aliphatic carbocycles. The monoisotopic (exact) mass is 329 g/mol. The first-order valence-electron chi connectivity index (χ1n) is 7.64. The Morgan fingerprint density at radius 3 is 2.50 bits per heavy atom. The third-order valence-electron chi connectivity index (χ3n) is 3.69. The Morgan fingerprint density at radius 2 is 1.88 bits per heavy atom. The fourth-order valence-corrected chi connectivity index (χ4v) is 2.30. The number of carbonyl (C=O) groups excluding carboxylic acids is 1. The second-order valence-electron chi connectivity index (χ2n) is 5.82. The van der Waals surface area contributed by atoms with Gasteiger partial charge in [-0.3, -0.25) is 4.98 Å². The predicted molar refractivity (Wildman–Crippen MR) is 92.2 cm³/mol. The Bertz CT molecular complexity index is 687. The fraction of sp³-hybridized carbons (Fsp3) is 0.333. The summed E-state index contributed by atoms with van der Waals surface area (Å²) in [7, 11) is 3.17. The molecule has 1 aromatic heterocycles. The second-order valence-corrected chi connectivity index (χ2v) is 5.82. The van der Waals surface area contributed by atoms with Crippen molar-refractivity contribution in [2.45, 2.75) is 25.9 Å². The molecule has 2 rings (SSSR count). The zero-order valence-electron chi connectivity index (χ0n) is 14.4. The highest BCUT2D eigenvalue weighted by Gasteiger charge is 2.24. The Kier molecular flexibility index (Phi) is 5.63. The van der Waals surface area contributed by atoms with Crippen molar-refractivity contribution in [3.8, 4) is 11.5 Å². The van der Waals surface area contributed by atoms with E-state index in [4.69, 9.17) is 9.47 Å². The summed E-state index contributed by atoms with van der Waals surface area (Å²) >= 11 is 0. The molecule has 0 aliphatic rings. The molecular formula is C18H23N3O3. The Morgan fingerprint density at radius 1 is 1.12 bits per heavy atom. The molecule has 0 aliphatic heterocycles. The van der Waals surface area contributed by atoms with Crippen LogP contribution in [0, 0.1) is 0 Å². The van der Waals surface area contributed by atoms with Crippen molar-refractivity contribution in [3.63, 3.8) is 0 Å². The zero-order valence-corrected chi connectivity index (χ0v) is 14.4. The van der Waals surface area contributed by atoms with Crippen LogP contribution < -0.4 is 20.1 Å². The minimum atomic E-state index is -0.576. The third-order valence-corrected chi connectivity index (χ3v) is 3.69. The van der Waals surface area contributed by atoms with Crippen molar-refractivity contribution in [1.29, 1.82) is 0 Å². The molecule has 0 unspecified atom stereocenters. The topological polar surface area (TPSA) is 72.5 Å². The van der Waals surface area contributed by atoms with Gasteiger partial charge in [-0.1, -0.05) is 12.1 Å². The van der Waals surface area contributed by atoms with Crippen LogP contribution in [0.25, 0.3) is 0 Å². The average Bonchev–Trinajstić information content (AvgIpc) is 2.59. The Labute approximate surface area is 142 Å². The third kappa shape index (κ3) is 4.38. The van der Waals surface area contributed by atoms with Gasteiger partial charge >= 0.3 is 6.03 Å². The zero-order chi connectivity index (χ0) is 17.6. The smallest absolute Gasteiger partial charge is 0.315 e. The Hall–Kier alpha value is -2.76. The normalized spacial score (nSPS) is 10.8. The summed E-state index contributed by atoms with van der Waals surface area (Å²) < 4.78 is 10.6. The minimum absolute atomic E-state index is 0.263. The lowest BCUT2D eigenvalue weighted by Gasteiger charge is -2.27. The van der Waals surface area contributed by atoms with Gasteiger partial charge in [0.05, 0.1) is 32.0 Å². The summed E-state index contributed by atoms with van der Waals surface area (Å²) in [5.41, 5.74) is 1.14.